The van der Waals surface area contributed by atoms with E-state index in [0.29, 0.717) is 24.9 Å². The van der Waals surface area contributed by atoms with Crippen LogP contribution in [0.4, 0.5) is 0 Å². The number of nitrogens with one attached hydrogen (secondary N) is 2. The minimum absolute atomic E-state index is 0.0665. The first-order chi connectivity index (χ1) is 12.5. The third-order valence-electron chi connectivity index (χ3n) is 4.32. The molecule has 0 spiro atoms. The summed E-state index contributed by atoms with van der Waals surface area (Å²) >= 11 is 0. The maximum absolute atomic E-state index is 12.2. The van der Waals surface area contributed by atoms with Crippen LogP contribution in [0.25, 0.3) is 10.9 Å². The quantitative estimate of drug-likeness (QED) is 0.718. The summed E-state index contributed by atoms with van der Waals surface area (Å²) in [6.07, 6.45) is 0.796. The summed E-state index contributed by atoms with van der Waals surface area (Å²) in [6, 6.07) is 15.2. The number of ether oxygens (including phenoxy) is 1. The van der Waals surface area contributed by atoms with E-state index in [4.69, 9.17) is 4.74 Å². The second kappa shape index (κ2) is 7.87. The average Bonchev–Trinajstić information content (AvgIpc) is 2.63. The Hall–Kier alpha value is -3.08. The van der Waals surface area contributed by atoms with Gasteiger partial charge in [0.25, 0.3) is 5.56 Å². The standard InChI is InChI=1S/C21H22N2O3/c1-14-3-8-19-17(11-14)13-16(21(25)23-19)9-10-22-20(24)12-15-4-6-18(26-2)7-5-15/h3-8,11,13H,9-10,12H2,1-2H3,(H,22,24)(H,23,25). The highest BCUT2D eigenvalue weighted by molar-refractivity contribution is 5.80. The van der Waals surface area contributed by atoms with Gasteiger partial charge in [-0.2, -0.15) is 0 Å². The summed E-state index contributed by atoms with van der Waals surface area (Å²) in [6.45, 7) is 2.44. The molecule has 1 amide bonds. The lowest BCUT2D eigenvalue weighted by atomic mass is 10.1. The molecule has 0 aliphatic heterocycles. The van der Waals surface area contributed by atoms with E-state index in [-0.39, 0.29) is 11.5 Å². The highest BCUT2D eigenvalue weighted by Gasteiger charge is 2.06. The topological polar surface area (TPSA) is 71.2 Å². The van der Waals surface area contributed by atoms with Crippen molar-refractivity contribution < 1.29 is 9.53 Å². The summed E-state index contributed by atoms with van der Waals surface area (Å²) < 4.78 is 5.10. The number of fused-ring (bicyclic) bond motifs is 1. The van der Waals surface area contributed by atoms with Crippen molar-refractivity contribution >= 4 is 16.8 Å². The number of methoxy groups -OCH3 is 1. The van der Waals surface area contributed by atoms with Crippen molar-refractivity contribution in [1.29, 1.82) is 0 Å². The molecule has 3 rings (SSSR count). The maximum Gasteiger partial charge on any atom is 0.251 e. The molecule has 0 atom stereocenters. The van der Waals surface area contributed by atoms with Gasteiger partial charge in [-0.15, -0.1) is 0 Å². The highest BCUT2D eigenvalue weighted by Crippen LogP contribution is 2.13. The van der Waals surface area contributed by atoms with Gasteiger partial charge in [0, 0.05) is 17.6 Å². The van der Waals surface area contributed by atoms with E-state index in [9.17, 15) is 9.59 Å². The van der Waals surface area contributed by atoms with Crippen LogP contribution in [0.1, 0.15) is 16.7 Å². The Balaban J connectivity index is 1.58. The summed E-state index contributed by atoms with van der Waals surface area (Å²) in [4.78, 5) is 27.1. The molecule has 1 heterocycles. The number of carbonyl (C=O) groups excluding carboxylic acids is 1. The Morgan fingerprint density at radius 1 is 1.12 bits per heavy atom. The molecule has 26 heavy (non-hydrogen) atoms. The number of amides is 1. The van der Waals surface area contributed by atoms with Crippen LogP contribution < -0.4 is 15.6 Å². The highest BCUT2D eigenvalue weighted by atomic mass is 16.5. The van der Waals surface area contributed by atoms with Gasteiger partial charge in [0.15, 0.2) is 0 Å². The molecule has 0 aliphatic carbocycles. The van der Waals surface area contributed by atoms with Gasteiger partial charge in [-0.3, -0.25) is 9.59 Å². The van der Waals surface area contributed by atoms with Crippen LogP contribution in [-0.4, -0.2) is 24.5 Å². The summed E-state index contributed by atoms with van der Waals surface area (Å²) in [5, 5.41) is 3.88. The number of pyridine rings is 1. The van der Waals surface area contributed by atoms with Crippen molar-refractivity contribution in [3.8, 4) is 5.75 Å². The number of aromatic nitrogens is 1. The van der Waals surface area contributed by atoms with E-state index in [1.807, 2.05) is 55.5 Å². The number of aryl methyl sites for hydroxylation is 1. The first-order valence-corrected chi connectivity index (χ1v) is 8.57. The first-order valence-electron chi connectivity index (χ1n) is 8.57. The lowest BCUT2D eigenvalue weighted by Gasteiger charge is -2.07. The molecule has 0 fully saturated rings. The third kappa shape index (κ3) is 4.30. The van der Waals surface area contributed by atoms with Gasteiger partial charge in [-0.25, -0.2) is 0 Å². The SMILES string of the molecule is COc1ccc(CC(=O)NCCc2cc3cc(C)ccc3[nH]c2=O)cc1. The number of rotatable bonds is 6. The predicted molar refractivity (Wildman–Crippen MR) is 103 cm³/mol. The van der Waals surface area contributed by atoms with E-state index in [1.165, 1.54) is 0 Å². The van der Waals surface area contributed by atoms with Crippen molar-refractivity contribution in [2.75, 3.05) is 13.7 Å². The van der Waals surface area contributed by atoms with Gasteiger partial charge >= 0.3 is 0 Å². The molecule has 2 N–H and O–H groups in total. The van der Waals surface area contributed by atoms with Crippen LogP contribution in [0.2, 0.25) is 0 Å². The number of benzene rings is 2. The Kier molecular flexibility index (Phi) is 5.37. The summed E-state index contributed by atoms with van der Waals surface area (Å²) in [7, 11) is 1.61. The number of H-pyrrole nitrogens is 1. The van der Waals surface area contributed by atoms with Gasteiger partial charge in [-0.1, -0.05) is 23.8 Å². The van der Waals surface area contributed by atoms with Crippen molar-refractivity contribution in [1.82, 2.24) is 10.3 Å². The fourth-order valence-electron chi connectivity index (χ4n) is 2.88. The second-order valence-corrected chi connectivity index (χ2v) is 6.34. The van der Waals surface area contributed by atoms with Crippen LogP contribution in [0.5, 0.6) is 5.75 Å². The molecule has 0 saturated heterocycles. The Morgan fingerprint density at radius 3 is 2.62 bits per heavy atom. The van der Waals surface area contributed by atoms with Crippen molar-refractivity contribution in [2.45, 2.75) is 19.8 Å². The smallest absolute Gasteiger partial charge is 0.251 e. The van der Waals surface area contributed by atoms with Crippen LogP contribution in [0.3, 0.4) is 0 Å². The van der Waals surface area contributed by atoms with E-state index < -0.39 is 0 Å². The maximum atomic E-state index is 12.2. The summed E-state index contributed by atoms with van der Waals surface area (Å²) in [5.74, 6) is 0.697. The molecule has 5 heteroatoms. The van der Waals surface area contributed by atoms with Gasteiger partial charge < -0.3 is 15.0 Å². The normalized spacial score (nSPS) is 10.7. The molecule has 0 unspecified atom stereocenters. The number of carbonyl (C=O) groups is 1. The largest absolute Gasteiger partial charge is 0.497 e. The monoisotopic (exact) mass is 350 g/mol. The molecule has 0 bridgehead atoms. The van der Waals surface area contributed by atoms with Gasteiger partial charge in [0.1, 0.15) is 5.75 Å². The molecule has 5 nitrogen and oxygen atoms in total. The zero-order chi connectivity index (χ0) is 18.5. The number of hydrogen-bond acceptors (Lipinski definition) is 3. The van der Waals surface area contributed by atoms with E-state index in [0.717, 1.165) is 27.8 Å². The Morgan fingerprint density at radius 2 is 1.88 bits per heavy atom. The first kappa shape index (κ1) is 17.7. The van der Waals surface area contributed by atoms with Gasteiger partial charge in [-0.05, 0) is 54.6 Å². The minimum Gasteiger partial charge on any atom is -0.497 e. The van der Waals surface area contributed by atoms with Crippen LogP contribution in [0, 0.1) is 6.92 Å². The van der Waals surface area contributed by atoms with Crippen molar-refractivity contribution in [3.63, 3.8) is 0 Å². The third-order valence-corrected chi connectivity index (χ3v) is 4.32. The lowest BCUT2D eigenvalue weighted by Crippen LogP contribution is -2.28. The fraction of sp³-hybridized carbons (Fsp3) is 0.238. The molecule has 0 saturated carbocycles. The molecule has 0 aliphatic rings. The van der Waals surface area contributed by atoms with Crippen LogP contribution >= 0.6 is 0 Å². The Bertz CT molecular complexity index is 975. The minimum atomic E-state index is -0.106. The molecular weight excluding hydrogens is 328 g/mol. The molecule has 2 aromatic carbocycles. The fourth-order valence-corrected chi connectivity index (χ4v) is 2.88. The molecule has 0 radical (unpaired) electrons. The molecular formula is C21H22N2O3. The van der Waals surface area contributed by atoms with Crippen molar-refractivity contribution in [2.24, 2.45) is 0 Å². The zero-order valence-corrected chi connectivity index (χ0v) is 15.0. The van der Waals surface area contributed by atoms with E-state index in [1.54, 1.807) is 7.11 Å². The number of aromatic amines is 1. The second-order valence-electron chi connectivity index (χ2n) is 6.34. The predicted octanol–water partition coefficient (Wildman–Crippen LogP) is 2.75. The Labute approximate surface area is 152 Å². The lowest BCUT2D eigenvalue weighted by molar-refractivity contribution is -0.120. The van der Waals surface area contributed by atoms with Gasteiger partial charge in [0.2, 0.25) is 5.91 Å². The van der Waals surface area contributed by atoms with Crippen molar-refractivity contribution in [3.05, 3.63) is 75.6 Å². The van der Waals surface area contributed by atoms with Crippen LogP contribution in [-0.2, 0) is 17.6 Å². The summed E-state index contributed by atoms with van der Waals surface area (Å²) in [5.41, 5.74) is 3.46. The zero-order valence-electron chi connectivity index (χ0n) is 15.0. The van der Waals surface area contributed by atoms with E-state index in [2.05, 4.69) is 10.3 Å². The van der Waals surface area contributed by atoms with E-state index >= 15 is 0 Å². The molecule has 1 aromatic heterocycles. The molecule has 134 valence electrons. The number of hydrogen-bond donors (Lipinski definition) is 2. The average molecular weight is 350 g/mol. The van der Waals surface area contributed by atoms with Gasteiger partial charge in [0.05, 0.1) is 13.5 Å². The van der Waals surface area contributed by atoms with Crippen LogP contribution in [0.15, 0.2) is 53.3 Å². The molecule has 3 aromatic rings.